The molecule has 0 aromatic carbocycles. The molecule has 5 heteroatoms. The molecule has 0 saturated heterocycles. The largest absolute Gasteiger partial charge is 1.00 e. The van der Waals surface area contributed by atoms with E-state index in [-0.39, 0.29) is 18.4 Å². The molecule has 0 aromatic heterocycles. The van der Waals surface area contributed by atoms with Gasteiger partial charge in [0.25, 0.3) is 6.29 Å². The van der Waals surface area contributed by atoms with Gasteiger partial charge in [-0.2, -0.15) is 0 Å². The van der Waals surface area contributed by atoms with Crippen molar-refractivity contribution in [3.05, 3.63) is 0 Å². The fourth-order valence-corrected chi connectivity index (χ4v) is 0.792. The third kappa shape index (κ3) is 9.60. The molecular formula is C8H18ClNO3. The molecule has 1 unspecified atom stereocenters. The molecule has 0 bridgehead atoms. The Hall–Kier alpha value is -0.320. The Morgan fingerprint density at radius 3 is 2.08 bits per heavy atom. The van der Waals surface area contributed by atoms with Crippen LogP contribution >= 0.6 is 0 Å². The number of hydrogen-bond donors (Lipinski definition) is 0. The van der Waals surface area contributed by atoms with Crippen LogP contribution in [0.4, 0.5) is 0 Å². The zero-order chi connectivity index (χ0) is 9.78. The van der Waals surface area contributed by atoms with Crippen molar-refractivity contribution in [3.63, 3.8) is 0 Å². The summed E-state index contributed by atoms with van der Waals surface area (Å²) in [6.45, 7) is 2.03. The van der Waals surface area contributed by atoms with E-state index < -0.39 is 6.29 Å². The zero-order valence-electron chi connectivity index (χ0n) is 8.83. The van der Waals surface area contributed by atoms with Crippen LogP contribution in [0.2, 0.25) is 0 Å². The lowest BCUT2D eigenvalue weighted by molar-refractivity contribution is -0.876. The fourth-order valence-electron chi connectivity index (χ4n) is 0.792. The van der Waals surface area contributed by atoms with Crippen molar-refractivity contribution in [3.8, 4) is 0 Å². The molecule has 0 aliphatic rings. The summed E-state index contributed by atoms with van der Waals surface area (Å²) in [7, 11) is 7.56. The Morgan fingerprint density at radius 1 is 1.38 bits per heavy atom. The van der Waals surface area contributed by atoms with E-state index in [1.54, 1.807) is 0 Å². The lowest BCUT2D eigenvalue weighted by atomic mass is 10.5. The molecule has 0 aliphatic carbocycles. The van der Waals surface area contributed by atoms with Gasteiger partial charge in [-0.25, -0.2) is 0 Å². The maximum Gasteiger partial charge on any atom is 0.305 e. The Morgan fingerprint density at radius 2 is 1.85 bits per heavy atom. The number of ether oxygens (including phenoxy) is 2. The van der Waals surface area contributed by atoms with E-state index in [1.165, 1.54) is 14.0 Å². The van der Waals surface area contributed by atoms with Gasteiger partial charge in [-0.05, 0) is 0 Å². The molecule has 0 radical (unpaired) electrons. The highest BCUT2D eigenvalue weighted by Gasteiger charge is 2.19. The van der Waals surface area contributed by atoms with E-state index in [9.17, 15) is 4.79 Å². The van der Waals surface area contributed by atoms with Crippen LogP contribution < -0.4 is 12.4 Å². The summed E-state index contributed by atoms with van der Waals surface area (Å²) >= 11 is 0. The third-order valence-electron chi connectivity index (χ3n) is 1.26. The molecule has 0 fully saturated rings. The number of carbonyl (C=O) groups is 1. The summed E-state index contributed by atoms with van der Waals surface area (Å²) in [4.78, 5) is 10.6. The van der Waals surface area contributed by atoms with Gasteiger partial charge in [0.1, 0.15) is 6.54 Å². The molecule has 0 aromatic rings. The molecule has 13 heavy (non-hydrogen) atoms. The van der Waals surface area contributed by atoms with E-state index in [1.807, 2.05) is 21.1 Å². The van der Waals surface area contributed by atoms with Gasteiger partial charge in [-0.15, -0.1) is 0 Å². The zero-order valence-corrected chi connectivity index (χ0v) is 9.59. The molecular weight excluding hydrogens is 194 g/mol. The number of esters is 1. The molecule has 0 spiro atoms. The average Bonchev–Trinajstić information content (AvgIpc) is 1.82. The second-order valence-electron chi connectivity index (χ2n) is 3.75. The highest BCUT2D eigenvalue weighted by Crippen LogP contribution is 2.00. The van der Waals surface area contributed by atoms with Crippen LogP contribution in [0.3, 0.4) is 0 Å². The Kier molecular flexibility index (Phi) is 7.21. The first kappa shape index (κ1) is 15.2. The maximum absolute atomic E-state index is 10.6. The van der Waals surface area contributed by atoms with Gasteiger partial charge in [0.15, 0.2) is 0 Å². The topological polar surface area (TPSA) is 35.5 Å². The maximum atomic E-state index is 10.6. The smallest absolute Gasteiger partial charge is 0.305 e. The number of hydrogen-bond acceptors (Lipinski definition) is 3. The van der Waals surface area contributed by atoms with Gasteiger partial charge in [0.2, 0.25) is 0 Å². The van der Waals surface area contributed by atoms with Crippen LogP contribution in [0.5, 0.6) is 0 Å². The highest BCUT2D eigenvalue weighted by molar-refractivity contribution is 5.66. The van der Waals surface area contributed by atoms with Gasteiger partial charge in [0.05, 0.1) is 21.1 Å². The van der Waals surface area contributed by atoms with Crippen LogP contribution in [-0.4, -0.2) is 51.5 Å². The predicted octanol–water partition coefficient (Wildman–Crippen LogP) is -2.77. The van der Waals surface area contributed by atoms with Crippen molar-refractivity contribution in [1.82, 2.24) is 0 Å². The number of carbonyl (C=O) groups excluding carboxylic acids is 1. The number of nitrogens with zero attached hydrogens (tertiary/aromatic N) is 1. The minimum absolute atomic E-state index is 0. The molecule has 0 N–H and O–H groups in total. The van der Waals surface area contributed by atoms with E-state index in [2.05, 4.69) is 0 Å². The molecule has 80 valence electrons. The molecule has 0 saturated carbocycles. The Labute approximate surface area is 85.8 Å². The summed E-state index contributed by atoms with van der Waals surface area (Å²) in [6.07, 6.45) is -0.442. The molecule has 4 nitrogen and oxygen atoms in total. The number of likely N-dealkylation sites (N-methyl/N-ethyl adjacent to an activating group) is 1. The Balaban J connectivity index is 0. The lowest BCUT2D eigenvalue weighted by Gasteiger charge is -2.27. The van der Waals surface area contributed by atoms with E-state index >= 15 is 0 Å². The van der Waals surface area contributed by atoms with Gasteiger partial charge < -0.3 is 26.4 Å². The first-order chi connectivity index (χ1) is 5.35. The second kappa shape index (κ2) is 6.18. The number of rotatable bonds is 4. The minimum atomic E-state index is -0.442. The number of halogens is 1. The lowest BCUT2D eigenvalue weighted by Crippen LogP contribution is -3.00. The molecule has 0 heterocycles. The van der Waals surface area contributed by atoms with Crippen molar-refractivity contribution >= 4 is 5.97 Å². The first-order valence-corrected chi connectivity index (χ1v) is 3.85. The monoisotopic (exact) mass is 211 g/mol. The molecule has 0 amide bonds. The summed E-state index contributed by atoms with van der Waals surface area (Å²) in [5.74, 6) is -0.310. The summed E-state index contributed by atoms with van der Waals surface area (Å²) in [5, 5.41) is 0. The van der Waals surface area contributed by atoms with E-state index in [4.69, 9.17) is 9.47 Å². The molecule has 1 atom stereocenters. The first-order valence-electron chi connectivity index (χ1n) is 3.85. The number of methoxy groups -OCH3 is 1. The van der Waals surface area contributed by atoms with Gasteiger partial charge >= 0.3 is 5.97 Å². The quantitative estimate of drug-likeness (QED) is 0.287. The summed E-state index contributed by atoms with van der Waals surface area (Å²) in [6, 6.07) is 0. The predicted molar refractivity (Wildman–Crippen MR) is 45.5 cm³/mol. The van der Waals surface area contributed by atoms with Crippen molar-refractivity contribution in [2.45, 2.75) is 13.2 Å². The highest BCUT2D eigenvalue weighted by atomic mass is 35.5. The van der Waals surface area contributed by atoms with Crippen molar-refractivity contribution in [1.29, 1.82) is 0 Å². The van der Waals surface area contributed by atoms with Crippen LogP contribution in [-0.2, 0) is 14.3 Å². The van der Waals surface area contributed by atoms with Gasteiger partial charge in [-0.1, -0.05) is 0 Å². The Bertz CT molecular complexity index is 156. The van der Waals surface area contributed by atoms with Crippen LogP contribution in [0.15, 0.2) is 0 Å². The molecule has 0 aliphatic heterocycles. The normalized spacial score (nSPS) is 13.0. The van der Waals surface area contributed by atoms with E-state index in [0.717, 1.165) is 0 Å². The summed E-state index contributed by atoms with van der Waals surface area (Å²) < 4.78 is 10.6. The average molecular weight is 212 g/mol. The van der Waals surface area contributed by atoms with Crippen LogP contribution in [0, 0.1) is 0 Å². The van der Waals surface area contributed by atoms with Crippen molar-refractivity contribution in [2.75, 3.05) is 34.8 Å². The van der Waals surface area contributed by atoms with Crippen molar-refractivity contribution < 1.29 is 31.2 Å². The van der Waals surface area contributed by atoms with Crippen LogP contribution in [0.1, 0.15) is 6.92 Å². The van der Waals surface area contributed by atoms with Crippen molar-refractivity contribution in [2.24, 2.45) is 0 Å². The minimum Gasteiger partial charge on any atom is -1.00 e. The van der Waals surface area contributed by atoms with Crippen LogP contribution in [0.25, 0.3) is 0 Å². The second-order valence-corrected chi connectivity index (χ2v) is 3.75. The van der Waals surface area contributed by atoms with Gasteiger partial charge in [-0.3, -0.25) is 4.79 Å². The standard InChI is InChI=1S/C8H18NO3.ClH/c1-7(10)12-8(11-5)6-9(2,3)4;/h8H,6H2,1-5H3;1H/q+1;/p-1. The SMILES string of the molecule is COC(C[N+](C)(C)C)OC(C)=O.[Cl-]. The summed E-state index contributed by atoms with van der Waals surface area (Å²) in [5.41, 5.74) is 0. The van der Waals surface area contributed by atoms with Gasteiger partial charge in [0, 0.05) is 14.0 Å². The fraction of sp³-hybridized carbons (Fsp3) is 0.875. The third-order valence-corrected chi connectivity index (χ3v) is 1.26. The van der Waals surface area contributed by atoms with E-state index in [0.29, 0.717) is 11.0 Å². The molecule has 0 rings (SSSR count). The number of quaternary nitrogens is 1.